The van der Waals surface area contributed by atoms with E-state index in [1.54, 1.807) is 11.3 Å². The van der Waals surface area contributed by atoms with E-state index in [1.165, 1.54) is 12.8 Å². The maximum Gasteiger partial charge on any atom is 0.141 e. The number of hydrogen-bond acceptors (Lipinski definition) is 5. The lowest BCUT2D eigenvalue weighted by Crippen LogP contribution is -2.15. The highest BCUT2D eigenvalue weighted by Crippen LogP contribution is 2.21. The van der Waals surface area contributed by atoms with E-state index in [2.05, 4.69) is 27.6 Å². The van der Waals surface area contributed by atoms with Gasteiger partial charge in [0.1, 0.15) is 17.4 Å². The van der Waals surface area contributed by atoms with Crippen molar-refractivity contribution in [2.24, 2.45) is 0 Å². The van der Waals surface area contributed by atoms with Crippen LogP contribution in [0.5, 0.6) is 5.75 Å². The first-order valence-corrected chi connectivity index (χ1v) is 8.38. The fourth-order valence-electron chi connectivity index (χ4n) is 2.15. The predicted molar refractivity (Wildman–Crippen MR) is 84.7 cm³/mol. The molecule has 2 aromatic rings. The standard InChI is InChI=1S/C16H21N3OS/c1-3-14-15(7-4-11(2)18-14)20-9-13-10-21-16(19-13)8-17-12-5-6-12/h4,7,10,12,17H,3,5-6,8-9H2,1-2H3. The van der Waals surface area contributed by atoms with Crippen LogP contribution in [0, 0.1) is 6.92 Å². The SMILES string of the molecule is CCc1nc(C)ccc1OCc1csc(CNC2CC2)n1. The van der Waals surface area contributed by atoms with E-state index in [4.69, 9.17) is 4.74 Å². The van der Waals surface area contributed by atoms with E-state index in [-0.39, 0.29) is 0 Å². The molecule has 0 atom stereocenters. The molecule has 0 aliphatic heterocycles. The molecule has 3 rings (SSSR count). The molecule has 2 aromatic heterocycles. The average Bonchev–Trinajstić information content (AvgIpc) is 3.22. The second-order valence-electron chi connectivity index (χ2n) is 5.43. The summed E-state index contributed by atoms with van der Waals surface area (Å²) in [6.07, 6.45) is 3.49. The van der Waals surface area contributed by atoms with Crippen LogP contribution in [0.15, 0.2) is 17.5 Å². The van der Waals surface area contributed by atoms with Crippen LogP contribution in [0.25, 0.3) is 0 Å². The van der Waals surface area contributed by atoms with E-state index >= 15 is 0 Å². The highest BCUT2D eigenvalue weighted by Gasteiger charge is 2.20. The molecule has 1 saturated carbocycles. The summed E-state index contributed by atoms with van der Waals surface area (Å²) in [6.45, 7) is 5.49. The summed E-state index contributed by atoms with van der Waals surface area (Å²) in [7, 11) is 0. The van der Waals surface area contributed by atoms with E-state index in [0.717, 1.165) is 46.8 Å². The van der Waals surface area contributed by atoms with Gasteiger partial charge in [0, 0.05) is 23.7 Å². The summed E-state index contributed by atoms with van der Waals surface area (Å²) >= 11 is 1.70. The molecule has 0 aromatic carbocycles. The third kappa shape index (κ3) is 4.02. The average molecular weight is 303 g/mol. The Kier molecular flexibility index (Phi) is 4.51. The van der Waals surface area contributed by atoms with Crippen molar-refractivity contribution in [2.45, 2.75) is 52.3 Å². The van der Waals surface area contributed by atoms with Crippen molar-refractivity contribution >= 4 is 11.3 Å². The van der Waals surface area contributed by atoms with Crippen LogP contribution in [0.1, 0.15) is 41.9 Å². The quantitative estimate of drug-likeness (QED) is 0.853. The summed E-state index contributed by atoms with van der Waals surface area (Å²) in [6, 6.07) is 4.71. The number of pyridine rings is 1. The lowest BCUT2D eigenvalue weighted by atomic mass is 10.2. The Hall–Kier alpha value is -1.46. The van der Waals surface area contributed by atoms with Gasteiger partial charge >= 0.3 is 0 Å². The molecular weight excluding hydrogens is 282 g/mol. The monoisotopic (exact) mass is 303 g/mol. The van der Waals surface area contributed by atoms with Crippen LogP contribution < -0.4 is 10.1 Å². The van der Waals surface area contributed by atoms with E-state index in [1.807, 2.05) is 19.1 Å². The topological polar surface area (TPSA) is 47.0 Å². The molecular formula is C16H21N3OS. The highest BCUT2D eigenvalue weighted by molar-refractivity contribution is 7.09. The summed E-state index contributed by atoms with van der Waals surface area (Å²) in [5, 5.41) is 6.70. The van der Waals surface area contributed by atoms with Crippen LogP contribution in [-0.2, 0) is 19.6 Å². The normalized spacial score (nSPS) is 14.4. The zero-order valence-corrected chi connectivity index (χ0v) is 13.4. The van der Waals surface area contributed by atoms with Crippen molar-refractivity contribution in [2.75, 3.05) is 0 Å². The van der Waals surface area contributed by atoms with Gasteiger partial charge < -0.3 is 10.1 Å². The number of rotatable bonds is 7. The molecule has 0 saturated heterocycles. The van der Waals surface area contributed by atoms with Crippen LogP contribution in [0.3, 0.4) is 0 Å². The Bertz CT molecular complexity index is 607. The lowest BCUT2D eigenvalue weighted by Gasteiger charge is -2.09. The summed E-state index contributed by atoms with van der Waals surface area (Å²) in [4.78, 5) is 9.12. The smallest absolute Gasteiger partial charge is 0.141 e. The van der Waals surface area contributed by atoms with Crippen LogP contribution in [0.2, 0.25) is 0 Å². The summed E-state index contributed by atoms with van der Waals surface area (Å²) in [5.41, 5.74) is 3.04. The maximum absolute atomic E-state index is 5.88. The van der Waals surface area contributed by atoms with Gasteiger partial charge in [-0.05, 0) is 38.3 Å². The van der Waals surface area contributed by atoms with Crippen molar-refractivity contribution in [3.05, 3.63) is 39.6 Å². The third-order valence-electron chi connectivity index (χ3n) is 3.50. The molecule has 1 aliphatic carbocycles. The van der Waals surface area contributed by atoms with E-state index < -0.39 is 0 Å². The minimum Gasteiger partial charge on any atom is -0.485 e. The molecule has 21 heavy (non-hydrogen) atoms. The number of ether oxygens (including phenoxy) is 1. The first-order chi connectivity index (χ1) is 10.2. The minimum atomic E-state index is 0.512. The van der Waals surface area contributed by atoms with Gasteiger partial charge in [0.2, 0.25) is 0 Å². The maximum atomic E-state index is 5.88. The van der Waals surface area contributed by atoms with Gasteiger partial charge in [-0.1, -0.05) is 6.92 Å². The molecule has 0 unspecified atom stereocenters. The molecule has 112 valence electrons. The lowest BCUT2D eigenvalue weighted by molar-refractivity contribution is 0.297. The Morgan fingerprint density at radius 2 is 2.19 bits per heavy atom. The molecule has 1 N–H and O–H groups in total. The zero-order valence-electron chi connectivity index (χ0n) is 12.6. The van der Waals surface area contributed by atoms with Crippen LogP contribution in [0.4, 0.5) is 0 Å². The number of aromatic nitrogens is 2. The van der Waals surface area contributed by atoms with Crippen molar-refractivity contribution in [3.8, 4) is 5.75 Å². The summed E-state index contributed by atoms with van der Waals surface area (Å²) in [5.74, 6) is 0.869. The number of aryl methyl sites for hydroxylation is 2. The Labute approximate surface area is 129 Å². The molecule has 0 bridgehead atoms. The number of thiazole rings is 1. The third-order valence-corrected chi connectivity index (χ3v) is 4.40. The number of hydrogen-bond donors (Lipinski definition) is 1. The first kappa shape index (κ1) is 14.5. The van der Waals surface area contributed by atoms with Crippen LogP contribution >= 0.6 is 11.3 Å². The van der Waals surface area contributed by atoms with Gasteiger partial charge in [-0.15, -0.1) is 11.3 Å². The van der Waals surface area contributed by atoms with Gasteiger partial charge in [0.25, 0.3) is 0 Å². The van der Waals surface area contributed by atoms with E-state index in [9.17, 15) is 0 Å². The fourth-order valence-corrected chi connectivity index (χ4v) is 2.88. The van der Waals surface area contributed by atoms with Gasteiger partial charge in [0.05, 0.1) is 11.4 Å². The molecule has 0 amide bonds. The number of nitrogens with one attached hydrogen (secondary N) is 1. The fraction of sp³-hybridized carbons (Fsp3) is 0.500. The van der Waals surface area contributed by atoms with Crippen molar-refractivity contribution in [1.29, 1.82) is 0 Å². The largest absolute Gasteiger partial charge is 0.485 e. The Balaban J connectivity index is 1.56. The molecule has 2 heterocycles. The second-order valence-corrected chi connectivity index (χ2v) is 6.37. The van der Waals surface area contributed by atoms with E-state index in [0.29, 0.717) is 6.61 Å². The molecule has 1 fully saturated rings. The summed E-state index contributed by atoms with van der Waals surface area (Å²) < 4.78 is 5.88. The van der Waals surface area contributed by atoms with Gasteiger partial charge in [-0.3, -0.25) is 4.98 Å². The van der Waals surface area contributed by atoms with Crippen molar-refractivity contribution in [3.63, 3.8) is 0 Å². The predicted octanol–water partition coefficient (Wildman–Crippen LogP) is 3.24. The number of nitrogens with zero attached hydrogens (tertiary/aromatic N) is 2. The molecule has 1 aliphatic rings. The highest BCUT2D eigenvalue weighted by atomic mass is 32.1. The van der Waals surface area contributed by atoms with Gasteiger partial charge in [-0.2, -0.15) is 0 Å². The van der Waals surface area contributed by atoms with Crippen molar-refractivity contribution in [1.82, 2.24) is 15.3 Å². The van der Waals surface area contributed by atoms with Gasteiger partial charge in [0.15, 0.2) is 0 Å². The Morgan fingerprint density at radius 3 is 2.95 bits per heavy atom. The molecule has 0 spiro atoms. The first-order valence-electron chi connectivity index (χ1n) is 7.50. The minimum absolute atomic E-state index is 0.512. The van der Waals surface area contributed by atoms with Crippen molar-refractivity contribution < 1.29 is 4.74 Å². The molecule has 4 nitrogen and oxygen atoms in total. The molecule has 0 radical (unpaired) electrons. The molecule has 5 heteroatoms. The Morgan fingerprint density at radius 1 is 1.33 bits per heavy atom. The second kappa shape index (κ2) is 6.54. The zero-order chi connectivity index (χ0) is 14.7. The van der Waals surface area contributed by atoms with Gasteiger partial charge in [-0.25, -0.2) is 4.98 Å². The van der Waals surface area contributed by atoms with Crippen LogP contribution in [-0.4, -0.2) is 16.0 Å².